The molecule has 2 heterocycles. The predicted octanol–water partition coefficient (Wildman–Crippen LogP) is 4.92. The molecule has 0 atom stereocenters. The standard InChI is InChI=1S/C24H24F3N3O4S/c25-24(26,27)35(33,34)19-8-6-18(7-9-19)30-21(31)23(11-12-23)29(22(30)32)15-16-10-13-28-20(14-16)17-4-2-1-3-5-17/h6-10,13-14,17H,1-5,11-12,15H2. The zero-order valence-corrected chi connectivity index (χ0v) is 19.6. The second-order valence-corrected chi connectivity index (χ2v) is 11.3. The van der Waals surface area contributed by atoms with Crippen molar-refractivity contribution in [2.45, 2.75) is 73.4 Å². The molecule has 1 spiro atoms. The van der Waals surface area contributed by atoms with Crippen LogP contribution in [-0.4, -0.2) is 41.3 Å². The van der Waals surface area contributed by atoms with Crippen LogP contribution in [0.15, 0.2) is 47.5 Å². The molecule has 5 rings (SSSR count). The quantitative estimate of drug-likeness (QED) is 0.536. The van der Waals surface area contributed by atoms with Gasteiger partial charge in [-0.25, -0.2) is 18.1 Å². The van der Waals surface area contributed by atoms with E-state index in [0.29, 0.717) is 18.8 Å². The van der Waals surface area contributed by atoms with E-state index in [9.17, 15) is 31.2 Å². The smallest absolute Gasteiger partial charge is 0.305 e. The Labute approximate surface area is 200 Å². The second-order valence-electron chi connectivity index (χ2n) is 9.41. The van der Waals surface area contributed by atoms with Crippen molar-refractivity contribution in [2.75, 3.05) is 4.90 Å². The van der Waals surface area contributed by atoms with Gasteiger partial charge in [0.25, 0.3) is 15.7 Å². The Balaban J connectivity index is 1.39. The van der Waals surface area contributed by atoms with Gasteiger partial charge in [-0.1, -0.05) is 19.3 Å². The number of anilines is 1. The highest BCUT2D eigenvalue weighted by Gasteiger charge is 2.65. The van der Waals surface area contributed by atoms with Crippen LogP contribution >= 0.6 is 0 Å². The van der Waals surface area contributed by atoms with Crippen LogP contribution < -0.4 is 4.90 Å². The highest BCUT2D eigenvalue weighted by Crippen LogP contribution is 2.50. The summed E-state index contributed by atoms with van der Waals surface area (Å²) in [6, 6.07) is 6.88. The van der Waals surface area contributed by atoms with Crippen LogP contribution in [0, 0.1) is 0 Å². The average molecular weight is 508 g/mol. The van der Waals surface area contributed by atoms with Crippen molar-refractivity contribution < 1.29 is 31.2 Å². The summed E-state index contributed by atoms with van der Waals surface area (Å²) in [5.74, 6) is -0.0621. The molecule has 3 amide bonds. The number of pyridine rings is 1. The molecule has 3 aliphatic rings. The zero-order chi connectivity index (χ0) is 25.0. The Kier molecular flexibility index (Phi) is 5.65. The molecule has 35 heavy (non-hydrogen) atoms. The number of carbonyl (C=O) groups is 2. The molecular weight excluding hydrogens is 483 g/mol. The molecule has 2 aromatic rings. The van der Waals surface area contributed by atoms with Gasteiger partial charge in [0, 0.05) is 24.4 Å². The molecule has 2 saturated carbocycles. The Bertz CT molecular complexity index is 1270. The molecule has 0 radical (unpaired) electrons. The van der Waals surface area contributed by atoms with Crippen molar-refractivity contribution in [3.05, 3.63) is 53.9 Å². The number of benzene rings is 1. The number of carbonyl (C=O) groups excluding carboxylic acids is 2. The third kappa shape index (κ3) is 3.99. The van der Waals surface area contributed by atoms with Crippen molar-refractivity contribution in [1.29, 1.82) is 0 Å². The maximum Gasteiger partial charge on any atom is 0.501 e. The summed E-state index contributed by atoms with van der Waals surface area (Å²) < 4.78 is 61.8. The summed E-state index contributed by atoms with van der Waals surface area (Å²) in [7, 11) is -5.52. The molecule has 3 fully saturated rings. The summed E-state index contributed by atoms with van der Waals surface area (Å²) in [6.45, 7) is 0.212. The van der Waals surface area contributed by atoms with Gasteiger partial charge < -0.3 is 4.90 Å². The van der Waals surface area contributed by atoms with E-state index in [1.807, 2.05) is 12.1 Å². The largest absolute Gasteiger partial charge is 0.501 e. The fraction of sp³-hybridized carbons (Fsp3) is 0.458. The van der Waals surface area contributed by atoms with Gasteiger partial charge in [0.05, 0.1) is 10.6 Å². The van der Waals surface area contributed by atoms with E-state index in [1.54, 1.807) is 6.20 Å². The maximum absolute atomic E-state index is 13.3. The average Bonchev–Trinajstić information content (AvgIpc) is 3.61. The molecule has 7 nitrogen and oxygen atoms in total. The second kappa shape index (κ2) is 8.32. The first-order valence-electron chi connectivity index (χ1n) is 11.6. The Morgan fingerprint density at radius 2 is 1.66 bits per heavy atom. The molecule has 0 unspecified atom stereocenters. The maximum atomic E-state index is 13.3. The molecule has 1 aromatic heterocycles. The molecule has 186 valence electrons. The van der Waals surface area contributed by atoms with Gasteiger partial charge in [-0.3, -0.25) is 9.78 Å². The minimum Gasteiger partial charge on any atom is -0.305 e. The van der Waals surface area contributed by atoms with E-state index in [4.69, 9.17) is 0 Å². The minimum atomic E-state index is -5.52. The molecule has 1 saturated heterocycles. The highest BCUT2D eigenvalue weighted by molar-refractivity contribution is 7.92. The number of imide groups is 1. The van der Waals surface area contributed by atoms with E-state index in [0.717, 1.165) is 66.1 Å². The van der Waals surface area contributed by atoms with Crippen molar-refractivity contribution in [3.8, 4) is 0 Å². The molecule has 1 aromatic carbocycles. The number of sulfone groups is 1. The van der Waals surface area contributed by atoms with Gasteiger partial charge in [-0.2, -0.15) is 13.2 Å². The van der Waals surface area contributed by atoms with E-state index >= 15 is 0 Å². The van der Waals surface area contributed by atoms with Gasteiger partial charge >= 0.3 is 11.5 Å². The lowest BCUT2D eigenvalue weighted by Gasteiger charge is -2.24. The number of aromatic nitrogens is 1. The van der Waals surface area contributed by atoms with Crippen LogP contribution in [0.2, 0.25) is 0 Å². The third-order valence-corrected chi connectivity index (χ3v) is 8.69. The first-order valence-corrected chi connectivity index (χ1v) is 13.1. The third-order valence-electron chi connectivity index (χ3n) is 7.18. The summed E-state index contributed by atoms with van der Waals surface area (Å²) >= 11 is 0. The number of hydrogen-bond acceptors (Lipinski definition) is 5. The van der Waals surface area contributed by atoms with Gasteiger partial charge in [-0.15, -0.1) is 0 Å². The van der Waals surface area contributed by atoms with Crippen molar-refractivity contribution in [3.63, 3.8) is 0 Å². The summed E-state index contributed by atoms with van der Waals surface area (Å²) in [4.78, 5) is 32.5. The van der Waals surface area contributed by atoms with Crippen LogP contribution in [0.5, 0.6) is 0 Å². The molecule has 2 aliphatic carbocycles. The van der Waals surface area contributed by atoms with Crippen LogP contribution in [0.25, 0.3) is 0 Å². The number of urea groups is 1. The Morgan fingerprint density at radius 3 is 2.26 bits per heavy atom. The van der Waals surface area contributed by atoms with Gasteiger partial charge in [-0.05, 0) is 67.6 Å². The summed E-state index contributed by atoms with van der Waals surface area (Å²) in [5.41, 5.74) is -4.52. The number of nitrogens with zero attached hydrogens (tertiary/aromatic N) is 3. The van der Waals surface area contributed by atoms with Gasteiger partial charge in [0.15, 0.2) is 0 Å². The fourth-order valence-corrected chi connectivity index (χ4v) is 5.83. The highest BCUT2D eigenvalue weighted by atomic mass is 32.2. The van der Waals surface area contributed by atoms with E-state index in [1.165, 1.54) is 11.3 Å². The first-order chi connectivity index (χ1) is 16.5. The lowest BCUT2D eigenvalue weighted by molar-refractivity contribution is -0.120. The number of amides is 3. The van der Waals surface area contributed by atoms with Crippen LogP contribution in [0.4, 0.5) is 23.7 Å². The lowest BCUT2D eigenvalue weighted by atomic mass is 9.86. The summed E-state index contributed by atoms with van der Waals surface area (Å²) in [6.07, 6.45) is 8.42. The Hall–Kier alpha value is -2.95. The summed E-state index contributed by atoms with van der Waals surface area (Å²) in [5, 5.41) is 0. The van der Waals surface area contributed by atoms with Crippen molar-refractivity contribution in [1.82, 2.24) is 9.88 Å². The number of rotatable bonds is 5. The predicted molar refractivity (Wildman–Crippen MR) is 120 cm³/mol. The topological polar surface area (TPSA) is 87.7 Å². The first kappa shape index (κ1) is 23.8. The zero-order valence-electron chi connectivity index (χ0n) is 18.8. The number of hydrogen-bond donors (Lipinski definition) is 0. The molecule has 1 aliphatic heterocycles. The normalized spacial score (nSPS) is 20.7. The van der Waals surface area contributed by atoms with Crippen LogP contribution in [0.3, 0.4) is 0 Å². The van der Waals surface area contributed by atoms with Crippen LogP contribution in [-0.2, 0) is 21.2 Å². The van der Waals surface area contributed by atoms with Crippen LogP contribution in [0.1, 0.15) is 62.1 Å². The van der Waals surface area contributed by atoms with E-state index in [2.05, 4.69) is 4.98 Å². The number of alkyl halides is 3. The molecular formula is C24H24F3N3O4S. The van der Waals surface area contributed by atoms with E-state index < -0.39 is 37.7 Å². The number of halogens is 3. The Morgan fingerprint density at radius 1 is 1.00 bits per heavy atom. The van der Waals surface area contributed by atoms with Crippen molar-refractivity contribution in [2.24, 2.45) is 0 Å². The van der Waals surface area contributed by atoms with Crippen molar-refractivity contribution >= 4 is 27.5 Å². The molecule has 0 bridgehead atoms. The van der Waals surface area contributed by atoms with Gasteiger partial charge in [0.1, 0.15) is 5.54 Å². The minimum absolute atomic E-state index is 0.0347. The van der Waals surface area contributed by atoms with E-state index in [-0.39, 0.29) is 12.2 Å². The molecule has 11 heteroatoms. The lowest BCUT2D eigenvalue weighted by Crippen LogP contribution is -2.36. The fourth-order valence-electron chi connectivity index (χ4n) is 5.07. The monoisotopic (exact) mass is 507 g/mol. The molecule has 0 N–H and O–H groups in total. The SMILES string of the molecule is O=C1N(c2ccc(S(=O)(=O)C(F)(F)F)cc2)C(=O)C2(CC2)N1Cc1ccnc(C2CCCCC2)c1. The van der Waals surface area contributed by atoms with Gasteiger partial charge in [0.2, 0.25) is 0 Å².